The second-order valence-corrected chi connectivity index (χ2v) is 3.70. The van der Waals surface area contributed by atoms with Crippen LogP contribution in [0.15, 0.2) is 12.1 Å². The van der Waals surface area contributed by atoms with Crippen molar-refractivity contribution in [2.45, 2.75) is 25.9 Å². The van der Waals surface area contributed by atoms with Gasteiger partial charge in [-0.25, -0.2) is 4.98 Å². The van der Waals surface area contributed by atoms with Crippen molar-refractivity contribution < 1.29 is 18.1 Å². The van der Waals surface area contributed by atoms with Crippen LogP contribution in [-0.4, -0.2) is 22.6 Å². The van der Waals surface area contributed by atoms with Crippen molar-refractivity contribution in [3.63, 3.8) is 0 Å². The molecule has 5 nitrogen and oxygen atoms in total. The highest BCUT2D eigenvalue weighted by Crippen LogP contribution is 2.21. The lowest BCUT2D eigenvalue weighted by molar-refractivity contribution is -0.385. The Hall–Kier alpha value is -1.86. The molecule has 0 spiro atoms. The van der Waals surface area contributed by atoms with Gasteiger partial charge in [0, 0.05) is 19.0 Å². The molecule has 1 N–H and O–H groups in total. The first kappa shape index (κ1) is 14.2. The minimum absolute atomic E-state index is 0.0682. The number of hydrogen-bond acceptors (Lipinski definition) is 4. The Bertz CT molecular complexity index is 435. The Morgan fingerprint density at radius 2 is 2.11 bits per heavy atom. The number of anilines is 1. The second kappa shape index (κ2) is 5.65. The average molecular weight is 263 g/mol. The van der Waals surface area contributed by atoms with Crippen molar-refractivity contribution in [1.82, 2.24) is 4.98 Å². The number of aryl methyl sites for hydroxylation is 1. The molecule has 100 valence electrons. The predicted molar refractivity (Wildman–Crippen MR) is 59.4 cm³/mol. The minimum atomic E-state index is -4.17. The summed E-state index contributed by atoms with van der Waals surface area (Å²) in [6.07, 6.45) is -5.10. The van der Waals surface area contributed by atoms with E-state index in [1.54, 1.807) is 0 Å². The second-order valence-electron chi connectivity index (χ2n) is 3.70. The van der Waals surface area contributed by atoms with Crippen LogP contribution in [0.5, 0.6) is 0 Å². The Labute approximate surface area is 101 Å². The summed E-state index contributed by atoms with van der Waals surface area (Å²) >= 11 is 0. The van der Waals surface area contributed by atoms with Crippen LogP contribution in [-0.2, 0) is 0 Å². The molecule has 0 atom stereocenters. The molecule has 0 saturated carbocycles. The lowest BCUT2D eigenvalue weighted by atomic mass is 10.3. The fourth-order valence-electron chi connectivity index (χ4n) is 1.35. The van der Waals surface area contributed by atoms with Crippen LogP contribution in [0, 0.1) is 17.0 Å². The molecule has 0 unspecified atom stereocenters. The largest absolute Gasteiger partial charge is 0.389 e. The monoisotopic (exact) mass is 263 g/mol. The van der Waals surface area contributed by atoms with Gasteiger partial charge < -0.3 is 5.32 Å². The molecule has 0 saturated heterocycles. The molecular formula is C10H12F3N3O2. The number of alkyl halides is 3. The van der Waals surface area contributed by atoms with Gasteiger partial charge in [0.15, 0.2) is 0 Å². The molecule has 1 heterocycles. The fraction of sp³-hybridized carbons (Fsp3) is 0.500. The first-order valence-electron chi connectivity index (χ1n) is 5.22. The van der Waals surface area contributed by atoms with Gasteiger partial charge in [0.05, 0.1) is 4.92 Å². The molecule has 0 aliphatic heterocycles. The van der Waals surface area contributed by atoms with Gasteiger partial charge in [-0.05, 0) is 19.4 Å². The minimum Gasteiger partial charge on any atom is -0.370 e. The van der Waals surface area contributed by atoms with E-state index in [1.165, 1.54) is 19.1 Å². The highest BCUT2D eigenvalue weighted by Gasteiger charge is 2.25. The smallest absolute Gasteiger partial charge is 0.370 e. The molecular weight excluding hydrogens is 251 g/mol. The Kier molecular flexibility index (Phi) is 4.46. The highest BCUT2D eigenvalue weighted by molar-refractivity contribution is 5.44. The van der Waals surface area contributed by atoms with Crippen LogP contribution in [0.1, 0.15) is 18.5 Å². The molecule has 0 bridgehead atoms. The van der Waals surface area contributed by atoms with E-state index in [9.17, 15) is 23.3 Å². The number of hydrogen-bond donors (Lipinski definition) is 1. The maximum atomic E-state index is 11.9. The molecule has 18 heavy (non-hydrogen) atoms. The van der Waals surface area contributed by atoms with Crippen molar-refractivity contribution >= 4 is 11.5 Å². The molecule has 0 aromatic carbocycles. The van der Waals surface area contributed by atoms with E-state index in [1.807, 2.05) is 0 Å². The molecule has 0 amide bonds. The summed E-state index contributed by atoms with van der Waals surface area (Å²) in [6, 6.07) is 2.65. The maximum absolute atomic E-state index is 11.9. The summed E-state index contributed by atoms with van der Waals surface area (Å²) < 4.78 is 35.6. The third-order valence-corrected chi connectivity index (χ3v) is 2.20. The van der Waals surface area contributed by atoms with Crippen molar-refractivity contribution in [3.05, 3.63) is 27.9 Å². The third kappa shape index (κ3) is 4.56. The third-order valence-electron chi connectivity index (χ3n) is 2.20. The number of pyridine rings is 1. The summed E-state index contributed by atoms with van der Waals surface area (Å²) in [5.41, 5.74) is 0.108. The fourth-order valence-corrected chi connectivity index (χ4v) is 1.35. The van der Waals surface area contributed by atoms with Gasteiger partial charge in [0.25, 0.3) is 5.69 Å². The number of nitrogens with zero attached hydrogens (tertiary/aromatic N) is 2. The van der Waals surface area contributed by atoms with E-state index >= 15 is 0 Å². The Balaban J connectivity index is 2.49. The maximum Gasteiger partial charge on any atom is 0.389 e. The van der Waals surface area contributed by atoms with E-state index in [0.717, 1.165) is 0 Å². The van der Waals surface area contributed by atoms with Gasteiger partial charge in [-0.1, -0.05) is 0 Å². The molecule has 1 rings (SSSR count). The predicted octanol–water partition coefficient (Wildman–Crippen LogP) is 3.05. The molecule has 1 aromatic rings. The zero-order chi connectivity index (χ0) is 13.8. The quantitative estimate of drug-likeness (QED) is 0.503. The SMILES string of the molecule is Cc1nc(NCCCC(F)(F)F)ccc1[N+](=O)[O-]. The van der Waals surface area contributed by atoms with E-state index in [4.69, 9.17) is 0 Å². The van der Waals surface area contributed by atoms with E-state index in [2.05, 4.69) is 10.3 Å². The van der Waals surface area contributed by atoms with Crippen molar-refractivity contribution in [2.24, 2.45) is 0 Å². The summed E-state index contributed by atoms with van der Waals surface area (Å²) in [6.45, 7) is 1.59. The Morgan fingerprint density at radius 1 is 1.44 bits per heavy atom. The summed E-state index contributed by atoms with van der Waals surface area (Å²) in [7, 11) is 0. The summed E-state index contributed by atoms with van der Waals surface area (Å²) in [4.78, 5) is 13.9. The molecule has 1 aromatic heterocycles. The summed E-state index contributed by atoms with van der Waals surface area (Å²) in [5, 5.41) is 13.2. The lowest BCUT2D eigenvalue weighted by Gasteiger charge is -2.08. The average Bonchev–Trinajstić information content (AvgIpc) is 2.22. The van der Waals surface area contributed by atoms with E-state index < -0.39 is 17.5 Å². The van der Waals surface area contributed by atoms with Gasteiger partial charge >= 0.3 is 6.18 Å². The van der Waals surface area contributed by atoms with Crippen LogP contribution < -0.4 is 5.32 Å². The van der Waals surface area contributed by atoms with Crippen molar-refractivity contribution in [3.8, 4) is 0 Å². The molecule has 0 aliphatic rings. The van der Waals surface area contributed by atoms with E-state index in [-0.39, 0.29) is 24.3 Å². The van der Waals surface area contributed by atoms with Crippen molar-refractivity contribution in [2.75, 3.05) is 11.9 Å². The first-order chi connectivity index (χ1) is 8.29. The van der Waals surface area contributed by atoms with Gasteiger partial charge in [-0.2, -0.15) is 13.2 Å². The Morgan fingerprint density at radius 3 is 2.61 bits per heavy atom. The number of aromatic nitrogens is 1. The number of rotatable bonds is 5. The van der Waals surface area contributed by atoms with Crippen LogP contribution in [0.2, 0.25) is 0 Å². The normalized spacial score (nSPS) is 11.3. The van der Waals surface area contributed by atoms with Crippen LogP contribution >= 0.6 is 0 Å². The number of halogens is 3. The van der Waals surface area contributed by atoms with Gasteiger partial charge in [0.2, 0.25) is 0 Å². The standard InChI is InChI=1S/C10H12F3N3O2/c1-7-8(16(17)18)3-4-9(15-7)14-6-2-5-10(11,12)13/h3-4H,2,5-6H2,1H3,(H,14,15). The van der Waals surface area contributed by atoms with Crippen LogP contribution in [0.4, 0.5) is 24.7 Å². The molecule has 0 radical (unpaired) electrons. The zero-order valence-electron chi connectivity index (χ0n) is 9.62. The lowest BCUT2D eigenvalue weighted by Crippen LogP contribution is -2.11. The van der Waals surface area contributed by atoms with Gasteiger partial charge in [-0.15, -0.1) is 0 Å². The van der Waals surface area contributed by atoms with Gasteiger partial charge in [-0.3, -0.25) is 10.1 Å². The van der Waals surface area contributed by atoms with Crippen LogP contribution in [0.25, 0.3) is 0 Å². The zero-order valence-corrected chi connectivity index (χ0v) is 9.62. The molecule has 8 heteroatoms. The van der Waals surface area contributed by atoms with Gasteiger partial charge in [0.1, 0.15) is 11.5 Å². The van der Waals surface area contributed by atoms with E-state index in [0.29, 0.717) is 5.82 Å². The molecule has 0 fully saturated rings. The molecule has 0 aliphatic carbocycles. The summed E-state index contributed by atoms with van der Waals surface area (Å²) in [5.74, 6) is 0.334. The highest BCUT2D eigenvalue weighted by atomic mass is 19.4. The number of nitro groups is 1. The van der Waals surface area contributed by atoms with Crippen LogP contribution in [0.3, 0.4) is 0 Å². The first-order valence-corrected chi connectivity index (χ1v) is 5.22. The van der Waals surface area contributed by atoms with Crippen molar-refractivity contribution in [1.29, 1.82) is 0 Å². The number of nitrogens with one attached hydrogen (secondary N) is 1. The topological polar surface area (TPSA) is 68.1 Å².